The minimum atomic E-state index is -0.437. The molecule has 2 rings (SSSR count). The zero-order valence-corrected chi connectivity index (χ0v) is 13.3. The van der Waals surface area contributed by atoms with Crippen LogP contribution in [0.2, 0.25) is 0 Å². The van der Waals surface area contributed by atoms with Gasteiger partial charge in [-0.3, -0.25) is 0 Å². The molecule has 21 heavy (non-hydrogen) atoms. The Bertz CT molecular complexity index is 494. The lowest BCUT2D eigenvalue weighted by atomic mass is 9.91. The molecule has 1 fully saturated rings. The van der Waals surface area contributed by atoms with Crippen LogP contribution in [0.15, 0.2) is 24.3 Å². The fraction of sp³-hybridized carbons (Fsp3) is 0.588. The van der Waals surface area contributed by atoms with E-state index in [0.717, 1.165) is 38.0 Å². The molecule has 4 nitrogen and oxygen atoms in total. The molecule has 1 aromatic rings. The molecule has 1 aromatic carbocycles. The summed E-state index contributed by atoms with van der Waals surface area (Å²) < 4.78 is 5.46. The summed E-state index contributed by atoms with van der Waals surface area (Å²) in [5, 5.41) is 0. The Balaban J connectivity index is 1.95. The molecule has 0 saturated carbocycles. The van der Waals surface area contributed by atoms with Crippen LogP contribution >= 0.6 is 0 Å². The third-order valence-corrected chi connectivity index (χ3v) is 3.73. The predicted octanol–water partition coefficient (Wildman–Crippen LogP) is 3.46. The molecule has 0 aromatic heterocycles. The Morgan fingerprint density at radius 1 is 1.38 bits per heavy atom. The van der Waals surface area contributed by atoms with E-state index in [9.17, 15) is 4.79 Å². The number of benzene rings is 1. The molecule has 0 radical (unpaired) electrons. The fourth-order valence-electron chi connectivity index (χ4n) is 2.76. The number of amides is 1. The van der Waals surface area contributed by atoms with Crippen molar-refractivity contribution in [2.75, 3.05) is 18.8 Å². The van der Waals surface area contributed by atoms with Gasteiger partial charge in [0, 0.05) is 18.8 Å². The van der Waals surface area contributed by atoms with E-state index >= 15 is 0 Å². The van der Waals surface area contributed by atoms with E-state index in [4.69, 9.17) is 10.5 Å². The maximum Gasteiger partial charge on any atom is 0.410 e. The molecule has 1 heterocycles. The van der Waals surface area contributed by atoms with Gasteiger partial charge in [0.25, 0.3) is 0 Å². The van der Waals surface area contributed by atoms with E-state index in [1.807, 2.05) is 43.9 Å². The first kappa shape index (κ1) is 15.7. The number of likely N-dealkylation sites (tertiary alicyclic amines) is 1. The van der Waals surface area contributed by atoms with Gasteiger partial charge in [0.1, 0.15) is 5.60 Å². The van der Waals surface area contributed by atoms with Crippen molar-refractivity contribution in [1.82, 2.24) is 4.90 Å². The number of nitrogens with two attached hydrogens (primary N) is 1. The van der Waals surface area contributed by atoms with E-state index in [1.54, 1.807) is 0 Å². The predicted molar refractivity (Wildman–Crippen MR) is 85.1 cm³/mol. The number of nitrogen functional groups attached to an aromatic ring is 1. The monoisotopic (exact) mass is 290 g/mol. The number of hydrogen-bond acceptors (Lipinski definition) is 3. The van der Waals surface area contributed by atoms with E-state index in [2.05, 4.69) is 6.07 Å². The molecule has 1 amide bonds. The molecule has 116 valence electrons. The van der Waals surface area contributed by atoms with Crippen molar-refractivity contribution >= 4 is 11.8 Å². The van der Waals surface area contributed by atoms with Gasteiger partial charge in [-0.1, -0.05) is 18.2 Å². The molecule has 1 aliphatic rings. The molecule has 1 unspecified atom stereocenters. The Hall–Kier alpha value is -1.71. The Morgan fingerprint density at radius 3 is 2.76 bits per heavy atom. The first-order valence-electron chi connectivity index (χ1n) is 7.66. The zero-order valence-electron chi connectivity index (χ0n) is 13.3. The molecular formula is C17H26N2O2. The van der Waals surface area contributed by atoms with Crippen LogP contribution in [0, 0.1) is 5.92 Å². The highest BCUT2D eigenvalue weighted by Crippen LogP contribution is 2.24. The third-order valence-electron chi connectivity index (χ3n) is 3.73. The molecular weight excluding hydrogens is 264 g/mol. The van der Waals surface area contributed by atoms with E-state index in [0.29, 0.717) is 5.92 Å². The van der Waals surface area contributed by atoms with Gasteiger partial charge in [-0.05, 0) is 57.6 Å². The summed E-state index contributed by atoms with van der Waals surface area (Å²) in [5.74, 6) is 0.455. The molecule has 1 atom stereocenters. The smallest absolute Gasteiger partial charge is 0.410 e. The van der Waals surface area contributed by atoms with Crippen molar-refractivity contribution in [1.29, 1.82) is 0 Å². The van der Waals surface area contributed by atoms with Crippen LogP contribution < -0.4 is 5.73 Å². The number of ether oxygens (including phenoxy) is 1. The van der Waals surface area contributed by atoms with Gasteiger partial charge in [-0.15, -0.1) is 0 Å². The van der Waals surface area contributed by atoms with Gasteiger partial charge in [0.15, 0.2) is 0 Å². The van der Waals surface area contributed by atoms with Crippen LogP contribution in [0.5, 0.6) is 0 Å². The molecule has 0 bridgehead atoms. The fourth-order valence-corrected chi connectivity index (χ4v) is 2.76. The van der Waals surface area contributed by atoms with E-state index < -0.39 is 5.60 Å². The van der Waals surface area contributed by atoms with E-state index in [1.165, 1.54) is 5.56 Å². The van der Waals surface area contributed by atoms with Gasteiger partial charge < -0.3 is 15.4 Å². The van der Waals surface area contributed by atoms with Crippen molar-refractivity contribution in [2.24, 2.45) is 5.92 Å². The van der Waals surface area contributed by atoms with Crippen LogP contribution in [0.4, 0.5) is 10.5 Å². The summed E-state index contributed by atoms with van der Waals surface area (Å²) in [6.07, 6.45) is 2.88. The molecule has 0 spiro atoms. The van der Waals surface area contributed by atoms with Gasteiger partial charge in [-0.25, -0.2) is 4.79 Å². The Morgan fingerprint density at radius 2 is 2.10 bits per heavy atom. The zero-order chi connectivity index (χ0) is 15.5. The number of rotatable bonds is 2. The molecule has 1 saturated heterocycles. The summed E-state index contributed by atoms with van der Waals surface area (Å²) in [6.45, 7) is 7.24. The van der Waals surface area contributed by atoms with Crippen LogP contribution in [-0.2, 0) is 11.2 Å². The van der Waals surface area contributed by atoms with Crippen LogP contribution in [0.3, 0.4) is 0 Å². The number of nitrogens with zero attached hydrogens (tertiary/aromatic N) is 1. The lowest BCUT2D eigenvalue weighted by Crippen LogP contribution is -2.43. The van der Waals surface area contributed by atoms with Crippen molar-refractivity contribution in [3.05, 3.63) is 29.8 Å². The summed E-state index contributed by atoms with van der Waals surface area (Å²) >= 11 is 0. The van der Waals surface area contributed by atoms with Crippen molar-refractivity contribution in [3.63, 3.8) is 0 Å². The first-order chi connectivity index (χ1) is 9.85. The Kier molecular flexibility index (Phi) is 4.76. The summed E-state index contributed by atoms with van der Waals surface area (Å²) in [4.78, 5) is 14.0. The van der Waals surface area contributed by atoms with Crippen molar-refractivity contribution in [3.8, 4) is 0 Å². The second-order valence-electron chi connectivity index (χ2n) is 6.84. The number of carbonyl (C=O) groups is 1. The average molecular weight is 290 g/mol. The number of carbonyl (C=O) groups excluding carboxylic acids is 1. The third kappa shape index (κ3) is 4.66. The minimum absolute atomic E-state index is 0.201. The van der Waals surface area contributed by atoms with Gasteiger partial charge in [-0.2, -0.15) is 0 Å². The minimum Gasteiger partial charge on any atom is -0.444 e. The molecule has 0 aliphatic carbocycles. The molecule has 2 N–H and O–H groups in total. The highest BCUT2D eigenvalue weighted by molar-refractivity contribution is 5.68. The first-order valence-corrected chi connectivity index (χ1v) is 7.66. The summed E-state index contributed by atoms with van der Waals surface area (Å²) in [7, 11) is 0. The van der Waals surface area contributed by atoms with Crippen LogP contribution in [0.1, 0.15) is 39.2 Å². The topological polar surface area (TPSA) is 55.6 Å². The van der Waals surface area contributed by atoms with Crippen LogP contribution in [-0.4, -0.2) is 29.7 Å². The van der Waals surface area contributed by atoms with Gasteiger partial charge >= 0.3 is 6.09 Å². The van der Waals surface area contributed by atoms with Crippen molar-refractivity contribution < 1.29 is 9.53 Å². The molecule has 4 heteroatoms. The maximum atomic E-state index is 12.2. The standard InChI is InChI=1S/C17H26N2O2/c1-17(2,3)21-16(20)19-10-6-7-13(12-19)11-14-8-4-5-9-15(14)18/h4-5,8-9,13H,6-7,10-12,18H2,1-3H3. The summed E-state index contributed by atoms with van der Waals surface area (Å²) in [5.41, 5.74) is 7.59. The highest BCUT2D eigenvalue weighted by atomic mass is 16.6. The van der Waals surface area contributed by atoms with Crippen molar-refractivity contribution in [2.45, 2.75) is 45.6 Å². The second-order valence-corrected chi connectivity index (χ2v) is 6.84. The second kappa shape index (κ2) is 6.37. The number of para-hydroxylation sites is 1. The van der Waals surface area contributed by atoms with Crippen LogP contribution in [0.25, 0.3) is 0 Å². The normalized spacial score (nSPS) is 19.4. The lowest BCUT2D eigenvalue weighted by Gasteiger charge is -2.34. The molecule has 1 aliphatic heterocycles. The van der Waals surface area contributed by atoms with E-state index in [-0.39, 0.29) is 6.09 Å². The SMILES string of the molecule is CC(C)(C)OC(=O)N1CCCC(Cc2ccccc2N)C1. The number of piperidine rings is 1. The van der Waals surface area contributed by atoms with Gasteiger partial charge in [0.05, 0.1) is 0 Å². The summed E-state index contributed by atoms with van der Waals surface area (Å²) in [6, 6.07) is 7.97. The lowest BCUT2D eigenvalue weighted by molar-refractivity contribution is 0.0166. The average Bonchev–Trinajstić information content (AvgIpc) is 2.40. The highest BCUT2D eigenvalue weighted by Gasteiger charge is 2.27. The number of hydrogen-bond donors (Lipinski definition) is 1. The maximum absolute atomic E-state index is 12.2. The quantitative estimate of drug-likeness (QED) is 0.849. The number of anilines is 1. The Labute approximate surface area is 127 Å². The van der Waals surface area contributed by atoms with Gasteiger partial charge in [0.2, 0.25) is 0 Å². The largest absolute Gasteiger partial charge is 0.444 e.